The maximum Gasteiger partial charge on any atom is 0.309 e. The fourth-order valence-corrected chi connectivity index (χ4v) is 7.82. The number of phenols is 3. The van der Waals surface area contributed by atoms with E-state index in [0.717, 1.165) is 50.1 Å². The molecule has 3 aromatic rings. The Bertz CT molecular complexity index is 1930. The maximum absolute atomic E-state index is 13.6. The van der Waals surface area contributed by atoms with Gasteiger partial charge < -0.3 is 29.5 Å². The Hall–Kier alpha value is -4.53. The van der Waals surface area contributed by atoms with Crippen LogP contribution in [-0.4, -0.2) is 45.6 Å². The van der Waals surface area contributed by atoms with Gasteiger partial charge in [0.25, 0.3) is 6.29 Å². The molecule has 0 aliphatic heterocycles. The van der Waals surface area contributed by atoms with Gasteiger partial charge in [0.1, 0.15) is 23.4 Å². The van der Waals surface area contributed by atoms with Gasteiger partial charge in [0, 0.05) is 19.3 Å². The normalized spacial score (nSPS) is 13.5. The fourth-order valence-electron chi connectivity index (χ4n) is 7.82. The molecule has 0 heterocycles. The number of rotatable bonds is 14. The molecule has 3 aromatic carbocycles. The summed E-state index contributed by atoms with van der Waals surface area (Å²) in [4.78, 5) is 40.5. The van der Waals surface area contributed by atoms with Crippen LogP contribution in [0.4, 0.5) is 0 Å². The minimum Gasteiger partial charge on any atom is -0.507 e. The van der Waals surface area contributed by atoms with E-state index in [-0.39, 0.29) is 75.4 Å². The highest BCUT2D eigenvalue weighted by molar-refractivity contribution is 5.72. The van der Waals surface area contributed by atoms with Gasteiger partial charge in [0.05, 0.1) is 6.42 Å². The fraction of sp³-hybridized carbons (Fsp3) is 0.618. The van der Waals surface area contributed by atoms with Gasteiger partial charge in [-0.15, -0.1) is 0 Å². The molecule has 0 amide bonds. The van der Waals surface area contributed by atoms with Crippen LogP contribution in [0.1, 0.15) is 207 Å². The Morgan fingerprint density at radius 3 is 0.812 bits per heavy atom. The van der Waals surface area contributed by atoms with Gasteiger partial charge in [0.2, 0.25) is 0 Å². The zero-order valence-electron chi connectivity index (χ0n) is 42.9. The van der Waals surface area contributed by atoms with Gasteiger partial charge in [-0.2, -0.15) is 0 Å². The van der Waals surface area contributed by atoms with E-state index in [1.54, 1.807) is 6.92 Å². The highest BCUT2D eigenvalue weighted by Crippen LogP contribution is 2.43. The van der Waals surface area contributed by atoms with Crippen molar-refractivity contribution in [3.05, 3.63) is 86.5 Å². The van der Waals surface area contributed by atoms with Crippen LogP contribution in [0.25, 0.3) is 0 Å². The molecule has 0 aliphatic rings. The van der Waals surface area contributed by atoms with Crippen LogP contribution in [0.5, 0.6) is 17.2 Å². The van der Waals surface area contributed by atoms with Crippen molar-refractivity contribution in [3.8, 4) is 17.2 Å². The Kier molecular flexibility index (Phi) is 16.7. The van der Waals surface area contributed by atoms with Crippen molar-refractivity contribution < 1.29 is 43.9 Å². The van der Waals surface area contributed by atoms with Crippen LogP contribution in [0.3, 0.4) is 0 Å². The van der Waals surface area contributed by atoms with Crippen LogP contribution < -0.4 is 0 Å². The third-order valence-corrected chi connectivity index (χ3v) is 11.6. The minimum absolute atomic E-state index is 0.0153. The van der Waals surface area contributed by atoms with E-state index >= 15 is 0 Å². The Balaban J connectivity index is 1.85. The topological polar surface area (TPSA) is 140 Å². The van der Waals surface area contributed by atoms with E-state index in [0.29, 0.717) is 19.3 Å². The van der Waals surface area contributed by atoms with Crippen LogP contribution in [0.15, 0.2) is 36.4 Å². The number of carbonyl (C=O) groups is 3. The summed E-state index contributed by atoms with van der Waals surface area (Å²) in [6, 6.07) is 11.6. The summed E-state index contributed by atoms with van der Waals surface area (Å²) in [5.41, 5.74) is 5.44. The molecule has 356 valence electrons. The third-order valence-electron chi connectivity index (χ3n) is 11.6. The number of aromatic hydroxyl groups is 3. The number of hydrogen-bond acceptors (Lipinski definition) is 9. The van der Waals surface area contributed by atoms with Crippen LogP contribution in [-0.2, 0) is 80.3 Å². The second-order valence-electron chi connectivity index (χ2n) is 24.1. The number of ether oxygens (including phenoxy) is 3. The molecule has 64 heavy (non-hydrogen) atoms. The molecule has 0 saturated carbocycles. The van der Waals surface area contributed by atoms with Crippen molar-refractivity contribution in [2.75, 3.05) is 0 Å². The second kappa shape index (κ2) is 19.9. The van der Waals surface area contributed by atoms with Crippen molar-refractivity contribution in [1.82, 2.24) is 0 Å². The summed E-state index contributed by atoms with van der Waals surface area (Å²) in [7, 11) is 0. The second-order valence-corrected chi connectivity index (χ2v) is 24.1. The monoisotopic (exact) mass is 887 g/mol. The Morgan fingerprint density at radius 1 is 0.406 bits per heavy atom. The zero-order chi connectivity index (χ0) is 49.1. The van der Waals surface area contributed by atoms with Gasteiger partial charge in [0.15, 0.2) is 0 Å². The summed E-state index contributed by atoms with van der Waals surface area (Å²) in [6.07, 6.45) is -1.08. The summed E-state index contributed by atoms with van der Waals surface area (Å²) >= 11 is 0. The largest absolute Gasteiger partial charge is 0.507 e. The predicted molar refractivity (Wildman–Crippen MR) is 258 cm³/mol. The lowest BCUT2D eigenvalue weighted by molar-refractivity contribution is -0.193. The van der Waals surface area contributed by atoms with E-state index in [1.807, 2.05) is 161 Å². The SMILES string of the molecule is CC(CC(OC(=O)CCc1cc(C(C)(C)C)c(O)c(C(C)(C)C)c1)OC(=O)CCc1cc(C(C)(C)C)c(O)c(C(C)(C)C)c1)OC(=O)CCc1cc(C(C)(C)C)c(O)c(C(C)(C)C)c1. The molecule has 9 nitrogen and oxygen atoms in total. The molecule has 3 N–H and O–H groups in total. The van der Waals surface area contributed by atoms with Gasteiger partial charge in [-0.3, -0.25) is 14.4 Å². The zero-order valence-corrected chi connectivity index (χ0v) is 42.9. The van der Waals surface area contributed by atoms with E-state index in [4.69, 9.17) is 14.2 Å². The first-order valence-electron chi connectivity index (χ1n) is 23.1. The molecule has 3 rings (SSSR count). The Labute approximate surface area is 385 Å². The number of benzene rings is 3. The molecular weight excluding hydrogens is 805 g/mol. The number of esters is 3. The van der Waals surface area contributed by atoms with E-state index < -0.39 is 30.3 Å². The molecule has 0 aromatic heterocycles. The van der Waals surface area contributed by atoms with Gasteiger partial charge >= 0.3 is 17.9 Å². The number of phenolic OH excluding ortho intramolecular Hbond substituents is 3. The Morgan fingerprint density at radius 2 is 0.609 bits per heavy atom. The molecule has 0 bridgehead atoms. The first-order chi connectivity index (χ1) is 28.9. The lowest BCUT2D eigenvalue weighted by atomic mass is 9.78. The minimum atomic E-state index is -1.33. The number of aryl methyl sites for hydroxylation is 3. The average molecular weight is 887 g/mol. The molecule has 9 heteroatoms. The maximum atomic E-state index is 13.6. The molecule has 0 radical (unpaired) electrons. The van der Waals surface area contributed by atoms with Crippen LogP contribution in [0.2, 0.25) is 0 Å². The standard InChI is InChI=1S/C55H82O9/c1-33(62-43(56)23-20-34-27-37(50(2,3)4)47(59)38(28-34)51(5,6)7)26-46(63-44(57)24-21-35-29-39(52(8,9)10)48(60)40(30-35)53(11,12)13)64-45(58)25-22-36-31-41(54(14,15)16)49(61)42(32-36)55(17,18)19/h27-33,46,59-61H,20-26H2,1-19H3. The molecule has 1 unspecified atom stereocenters. The van der Waals surface area contributed by atoms with Crippen molar-refractivity contribution >= 4 is 17.9 Å². The van der Waals surface area contributed by atoms with E-state index in [1.165, 1.54) is 0 Å². The molecule has 1 atom stereocenters. The lowest BCUT2D eigenvalue weighted by Gasteiger charge is -2.28. The summed E-state index contributed by atoms with van der Waals surface area (Å²) in [6.45, 7) is 38.4. The van der Waals surface area contributed by atoms with Crippen LogP contribution in [0, 0.1) is 0 Å². The number of hydrogen-bond donors (Lipinski definition) is 3. The first-order valence-corrected chi connectivity index (χ1v) is 23.1. The van der Waals surface area contributed by atoms with Crippen molar-refractivity contribution in [2.45, 2.75) is 221 Å². The van der Waals surface area contributed by atoms with Gasteiger partial charge in [-0.1, -0.05) is 161 Å². The highest BCUT2D eigenvalue weighted by Gasteiger charge is 2.31. The van der Waals surface area contributed by atoms with Gasteiger partial charge in [-0.25, -0.2) is 0 Å². The molecule has 0 saturated heterocycles. The first kappa shape index (κ1) is 53.8. The average Bonchev–Trinajstić information content (AvgIpc) is 3.10. The lowest BCUT2D eigenvalue weighted by Crippen LogP contribution is -2.30. The predicted octanol–water partition coefficient (Wildman–Crippen LogP) is 12.5. The highest BCUT2D eigenvalue weighted by atomic mass is 16.7. The molecule has 0 fully saturated rings. The number of carbonyl (C=O) groups excluding carboxylic acids is 3. The summed E-state index contributed by atoms with van der Waals surface area (Å²) in [5.74, 6) is -0.844. The van der Waals surface area contributed by atoms with Crippen molar-refractivity contribution in [3.63, 3.8) is 0 Å². The van der Waals surface area contributed by atoms with E-state index in [9.17, 15) is 29.7 Å². The van der Waals surface area contributed by atoms with E-state index in [2.05, 4.69) is 0 Å². The third kappa shape index (κ3) is 15.0. The van der Waals surface area contributed by atoms with Gasteiger partial charge in [-0.05, 0) is 109 Å². The molecule has 0 aliphatic carbocycles. The van der Waals surface area contributed by atoms with Crippen molar-refractivity contribution in [1.29, 1.82) is 0 Å². The quantitative estimate of drug-likeness (QED) is 0.107. The molecule has 0 spiro atoms. The van der Waals surface area contributed by atoms with Crippen LogP contribution >= 0.6 is 0 Å². The summed E-state index contributed by atoms with van der Waals surface area (Å²) < 4.78 is 17.5. The smallest absolute Gasteiger partial charge is 0.309 e. The van der Waals surface area contributed by atoms with Crippen molar-refractivity contribution in [2.24, 2.45) is 0 Å². The summed E-state index contributed by atoms with van der Waals surface area (Å²) in [5, 5.41) is 33.6. The molecular formula is C55H82O9.